The van der Waals surface area contributed by atoms with Crippen molar-refractivity contribution in [1.29, 1.82) is 0 Å². The van der Waals surface area contributed by atoms with Gasteiger partial charge in [-0.3, -0.25) is 9.59 Å². The van der Waals surface area contributed by atoms with E-state index in [2.05, 4.69) is 22.3 Å². The lowest BCUT2D eigenvalue weighted by atomic mass is 10.0. The Morgan fingerprint density at radius 1 is 0.966 bits per heavy atom. The van der Waals surface area contributed by atoms with Gasteiger partial charge in [0.15, 0.2) is 0 Å². The number of amides is 2. The van der Waals surface area contributed by atoms with E-state index in [-0.39, 0.29) is 18.4 Å². The van der Waals surface area contributed by atoms with Crippen LogP contribution in [0.4, 0.5) is 5.69 Å². The van der Waals surface area contributed by atoms with Crippen molar-refractivity contribution >= 4 is 29.1 Å². The lowest BCUT2D eigenvalue weighted by molar-refractivity contribution is -0.133. The Labute approximate surface area is 176 Å². The van der Waals surface area contributed by atoms with Gasteiger partial charge in [0, 0.05) is 36.9 Å². The third kappa shape index (κ3) is 4.91. The third-order valence-electron chi connectivity index (χ3n) is 5.77. The Balaban J connectivity index is 1.22. The van der Waals surface area contributed by atoms with Crippen molar-refractivity contribution < 1.29 is 9.59 Å². The zero-order valence-electron chi connectivity index (χ0n) is 16.5. The van der Waals surface area contributed by atoms with Gasteiger partial charge >= 0.3 is 0 Å². The quantitative estimate of drug-likeness (QED) is 0.823. The van der Waals surface area contributed by atoms with Crippen LogP contribution in [0.2, 0.25) is 5.02 Å². The van der Waals surface area contributed by atoms with Crippen molar-refractivity contribution in [3.05, 3.63) is 64.2 Å². The molecule has 1 heterocycles. The molecular weight excluding hydrogens is 386 g/mol. The summed E-state index contributed by atoms with van der Waals surface area (Å²) < 4.78 is 0. The fourth-order valence-electron chi connectivity index (χ4n) is 4.16. The number of halogens is 1. The van der Waals surface area contributed by atoms with Crippen LogP contribution in [0.5, 0.6) is 0 Å². The van der Waals surface area contributed by atoms with E-state index in [0.29, 0.717) is 24.5 Å². The van der Waals surface area contributed by atoms with Crippen LogP contribution in [-0.4, -0.2) is 49.4 Å². The molecule has 0 unspecified atom stereocenters. The van der Waals surface area contributed by atoms with Crippen molar-refractivity contribution in [3.8, 4) is 0 Å². The maximum absolute atomic E-state index is 12.5. The molecule has 0 radical (unpaired) electrons. The Bertz CT molecular complexity index is 907. The summed E-state index contributed by atoms with van der Waals surface area (Å²) in [5.74, 6) is -0.132. The molecule has 6 heteroatoms. The Hall–Kier alpha value is -2.53. The van der Waals surface area contributed by atoms with Crippen molar-refractivity contribution in [2.45, 2.75) is 25.7 Å². The number of carbonyl (C=O) groups excluding carboxylic acids is 2. The average molecular weight is 412 g/mol. The summed E-state index contributed by atoms with van der Waals surface area (Å²) in [6.07, 6.45) is 3.76. The number of hydrogen-bond acceptors (Lipinski definition) is 3. The van der Waals surface area contributed by atoms with Crippen LogP contribution in [0.3, 0.4) is 0 Å². The van der Waals surface area contributed by atoms with Crippen LogP contribution < -0.4 is 10.2 Å². The topological polar surface area (TPSA) is 52.7 Å². The number of nitrogens with one attached hydrogen (secondary N) is 1. The molecule has 29 heavy (non-hydrogen) atoms. The lowest BCUT2D eigenvalue weighted by Crippen LogP contribution is -2.51. The third-order valence-corrected chi connectivity index (χ3v) is 6.01. The summed E-state index contributed by atoms with van der Waals surface area (Å²) in [7, 11) is 0. The highest BCUT2D eigenvalue weighted by Gasteiger charge is 2.22. The average Bonchev–Trinajstić information content (AvgIpc) is 3.20. The van der Waals surface area contributed by atoms with Crippen molar-refractivity contribution in [3.63, 3.8) is 0 Å². The van der Waals surface area contributed by atoms with Gasteiger partial charge in [-0.25, -0.2) is 0 Å². The molecule has 0 spiro atoms. The fourth-order valence-corrected chi connectivity index (χ4v) is 4.34. The lowest BCUT2D eigenvalue weighted by Gasteiger charge is -2.36. The van der Waals surface area contributed by atoms with Gasteiger partial charge in [0.05, 0.1) is 13.0 Å². The van der Waals surface area contributed by atoms with Crippen molar-refractivity contribution in [1.82, 2.24) is 10.2 Å². The molecule has 0 bridgehead atoms. The number of fused-ring (bicyclic) bond motifs is 1. The summed E-state index contributed by atoms with van der Waals surface area (Å²) in [6, 6.07) is 14.1. The largest absolute Gasteiger partial charge is 0.368 e. The minimum absolute atomic E-state index is 0.0296. The molecule has 2 aliphatic rings. The second-order valence-corrected chi connectivity index (χ2v) is 8.19. The first-order chi connectivity index (χ1) is 14.1. The van der Waals surface area contributed by atoms with E-state index >= 15 is 0 Å². The van der Waals surface area contributed by atoms with Crippen LogP contribution in [0.15, 0.2) is 42.5 Å². The first-order valence-electron chi connectivity index (χ1n) is 10.2. The van der Waals surface area contributed by atoms with Gasteiger partial charge < -0.3 is 15.1 Å². The molecule has 5 nitrogen and oxygen atoms in total. The summed E-state index contributed by atoms with van der Waals surface area (Å²) in [5, 5.41) is 3.50. The monoisotopic (exact) mass is 411 g/mol. The number of benzene rings is 2. The smallest absolute Gasteiger partial charge is 0.242 e. The second kappa shape index (κ2) is 8.87. The highest BCUT2D eigenvalue weighted by atomic mass is 35.5. The molecule has 0 aromatic heterocycles. The normalized spacial score (nSPS) is 15.9. The number of hydrogen-bond donors (Lipinski definition) is 1. The number of anilines is 1. The highest BCUT2D eigenvalue weighted by Crippen LogP contribution is 2.23. The molecule has 1 aliphatic carbocycles. The molecule has 152 valence electrons. The van der Waals surface area contributed by atoms with Gasteiger partial charge in [0.1, 0.15) is 0 Å². The SMILES string of the molecule is O=C(Cc1ccc2c(c1)CCC2)NCC(=O)N1CCN(c2cccc(Cl)c2)CC1. The minimum Gasteiger partial charge on any atom is -0.368 e. The molecular formula is C23H26ClN3O2. The maximum atomic E-state index is 12.5. The molecule has 2 amide bonds. The van der Waals surface area contributed by atoms with E-state index in [1.165, 1.54) is 17.5 Å². The molecule has 2 aromatic rings. The number of rotatable bonds is 5. The van der Waals surface area contributed by atoms with E-state index in [4.69, 9.17) is 11.6 Å². The molecule has 0 atom stereocenters. The second-order valence-electron chi connectivity index (χ2n) is 7.76. The van der Waals surface area contributed by atoms with Gasteiger partial charge in [0.2, 0.25) is 11.8 Å². The zero-order valence-corrected chi connectivity index (χ0v) is 17.3. The summed E-state index contributed by atoms with van der Waals surface area (Å²) >= 11 is 6.07. The standard InChI is InChI=1S/C23H26ClN3O2/c24-20-5-2-6-21(15-20)26-9-11-27(12-10-26)23(29)16-25-22(28)14-17-7-8-18-3-1-4-19(18)13-17/h2,5-8,13,15H,1,3-4,9-12,14,16H2,(H,25,28). The predicted octanol–water partition coefficient (Wildman–Crippen LogP) is 2.84. The minimum atomic E-state index is -0.103. The van der Waals surface area contributed by atoms with E-state index < -0.39 is 0 Å². The van der Waals surface area contributed by atoms with Gasteiger partial charge in [-0.15, -0.1) is 0 Å². The van der Waals surface area contributed by atoms with Gasteiger partial charge in [-0.05, 0) is 54.2 Å². The number of aryl methyl sites for hydroxylation is 2. The summed E-state index contributed by atoms with van der Waals surface area (Å²) in [4.78, 5) is 28.8. The van der Waals surface area contributed by atoms with E-state index in [9.17, 15) is 9.59 Å². The van der Waals surface area contributed by atoms with Crippen LogP contribution >= 0.6 is 11.6 Å². The first kappa shape index (κ1) is 19.8. The van der Waals surface area contributed by atoms with E-state index in [0.717, 1.165) is 37.2 Å². The molecule has 4 rings (SSSR count). The Kier molecular flexibility index (Phi) is 6.05. The Morgan fingerprint density at radius 3 is 2.55 bits per heavy atom. The first-order valence-corrected chi connectivity index (χ1v) is 10.6. The molecule has 2 aromatic carbocycles. The van der Waals surface area contributed by atoms with Gasteiger partial charge in [-0.1, -0.05) is 35.9 Å². The molecule has 0 saturated carbocycles. The summed E-state index contributed by atoms with van der Waals surface area (Å²) in [6.45, 7) is 2.86. The predicted molar refractivity (Wildman–Crippen MR) is 115 cm³/mol. The maximum Gasteiger partial charge on any atom is 0.242 e. The van der Waals surface area contributed by atoms with Crippen molar-refractivity contribution in [2.75, 3.05) is 37.6 Å². The zero-order chi connectivity index (χ0) is 20.2. The fraction of sp³-hybridized carbons (Fsp3) is 0.391. The van der Waals surface area contributed by atoms with Gasteiger partial charge in [-0.2, -0.15) is 0 Å². The number of nitrogens with zero attached hydrogens (tertiary/aromatic N) is 2. The van der Waals surface area contributed by atoms with E-state index in [1.807, 2.05) is 35.2 Å². The number of piperazine rings is 1. The van der Waals surface area contributed by atoms with Crippen LogP contribution in [0.1, 0.15) is 23.1 Å². The molecule has 1 aliphatic heterocycles. The molecule has 1 saturated heterocycles. The Morgan fingerprint density at radius 2 is 1.76 bits per heavy atom. The molecule has 1 fully saturated rings. The van der Waals surface area contributed by atoms with Crippen LogP contribution in [0.25, 0.3) is 0 Å². The van der Waals surface area contributed by atoms with Gasteiger partial charge in [0.25, 0.3) is 0 Å². The molecule has 1 N–H and O–H groups in total. The summed E-state index contributed by atoms with van der Waals surface area (Å²) in [5.41, 5.74) is 4.86. The van der Waals surface area contributed by atoms with Crippen molar-refractivity contribution in [2.24, 2.45) is 0 Å². The van der Waals surface area contributed by atoms with Crippen LogP contribution in [0, 0.1) is 0 Å². The highest BCUT2D eigenvalue weighted by molar-refractivity contribution is 6.30. The number of carbonyl (C=O) groups is 2. The van der Waals surface area contributed by atoms with E-state index in [1.54, 1.807) is 0 Å². The van der Waals surface area contributed by atoms with Crippen LogP contribution in [-0.2, 0) is 28.9 Å².